The fourth-order valence-corrected chi connectivity index (χ4v) is 2.37. The molecule has 1 saturated carbocycles. The number of rotatable bonds is 7. The van der Waals surface area contributed by atoms with E-state index in [1.165, 1.54) is 18.2 Å². The van der Waals surface area contributed by atoms with Crippen LogP contribution in [0.5, 0.6) is 0 Å². The van der Waals surface area contributed by atoms with E-state index in [4.69, 9.17) is 0 Å². The molecule has 1 aliphatic carbocycles. The highest BCUT2D eigenvalue weighted by molar-refractivity contribution is 5.94. The van der Waals surface area contributed by atoms with Gasteiger partial charge in [-0.25, -0.2) is 4.39 Å². The van der Waals surface area contributed by atoms with Crippen LogP contribution in [0.25, 0.3) is 0 Å². The van der Waals surface area contributed by atoms with Crippen molar-refractivity contribution in [2.45, 2.75) is 37.2 Å². The number of aliphatic hydroxyl groups is 1. The Hall–Kier alpha value is -2.09. The molecule has 2 amide bonds. The molecular weight excluding hydrogens is 325 g/mol. The van der Waals surface area contributed by atoms with E-state index >= 15 is 0 Å². The van der Waals surface area contributed by atoms with Crippen LogP contribution in [0.15, 0.2) is 24.3 Å². The average Bonchev–Trinajstić information content (AvgIpc) is 2.51. The van der Waals surface area contributed by atoms with Crippen molar-refractivity contribution in [2.24, 2.45) is 0 Å². The lowest BCUT2D eigenvalue weighted by Crippen LogP contribution is -2.60. The number of halogens is 3. The molecule has 0 spiro atoms. The predicted molar refractivity (Wildman–Crippen MR) is 80.1 cm³/mol. The minimum Gasteiger partial charge on any atom is -0.383 e. The highest BCUT2D eigenvalue weighted by Crippen LogP contribution is 2.44. The van der Waals surface area contributed by atoms with Crippen molar-refractivity contribution in [3.63, 3.8) is 0 Å². The molecule has 5 nitrogen and oxygen atoms in total. The summed E-state index contributed by atoms with van der Waals surface area (Å²) >= 11 is 0. The fourth-order valence-electron chi connectivity index (χ4n) is 2.37. The first-order valence-corrected chi connectivity index (χ1v) is 7.68. The molecule has 0 heterocycles. The Labute approximate surface area is 137 Å². The average molecular weight is 344 g/mol. The number of benzene rings is 1. The van der Waals surface area contributed by atoms with Gasteiger partial charge in [-0.05, 0) is 43.9 Å². The van der Waals surface area contributed by atoms with Gasteiger partial charge in [-0.1, -0.05) is 6.07 Å². The number of carbonyl (C=O) groups excluding carboxylic acids is 2. The molecule has 24 heavy (non-hydrogen) atoms. The van der Waals surface area contributed by atoms with E-state index in [-0.39, 0.29) is 37.9 Å². The molecule has 0 saturated heterocycles. The summed E-state index contributed by atoms with van der Waals surface area (Å²) in [5, 5.41) is 14.2. The van der Waals surface area contributed by atoms with Crippen LogP contribution in [-0.4, -0.2) is 41.5 Å². The standard InChI is InChI=1S/C16H19F3N2O3/c17-12-5-1-4-11(10-12)13(22)20-8-3-9-21-14(23)16(18,19)15(24)6-2-7-15/h1,4-5,10,24H,2-3,6-9H2,(H,20,22)(H,21,23). The van der Waals surface area contributed by atoms with Gasteiger partial charge >= 0.3 is 5.92 Å². The molecule has 8 heteroatoms. The van der Waals surface area contributed by atoms with Gasteiger partial charge in [-0.3, -0.25) is 9.59 Å². The number of hydrogen-bond acceptors (Lipinski definition) is 3. The zero-order chi connectivity index (χ0) is 17.8. The van der Waals surface area contributed by atoms with E-state index in [0.29, 0.717) is 6.42 Å². The quantitative estimate of drug-likeness (QED) is 0.658. The summed E-state index contributed by atoms with van der Waals surface area (Å²) in [4.78, 5) is 23.2. The van der Waals surface area contributed by atoms with E-state index in [2.05, 4.69) is 10.6 Å². The van der Waals surface area contributed by atoms with Gasteiger partial charge < -0.3 is 15.7 Å². The Kier molecular flexibility index (Phi) is 5.48. The van der Waals surface area contributed by atoms with E-state index in [9.17, 15) is 27.9 Å². The molecule has 1 aliphatic rings. The molecule has 0 aliphatic heterocycles. The van der Waals surface area contributed by atoms with Crippen LogP contribution in [-0.2, 0) is 4.79 Å². The number of carbonyl (C=O) groups is 2. The topological polar surface area (TPSA) is 78.4 Å². The summed E-state index contributed by atoms with van der Waals surface area (Å²) in [5.41, 5.74) is -2.10. The molecule has 2 rings (SSSR count). The van der Waals surface area contributed by atoms with Crippen LogP contribution in [0.3, 0.4) is 0 Å². The predicted octanol–water partition coefficient (Wildman–Crippen LogP) is 1.61. The lowest BCUT2D eigenvalue weighted by atomic mass is 9.75. The lowest BCUT2D eigenvalue weighted by Gasteiger charge is -2.41. The molecule has 0 aromatic heterocycles. The van der Waals surface area contributed by atoms with Crippen LogP contribution >= 0.6 is 0 Å². The maximum Gasteiger partial charge on any atom is 0.352 e. The second kappa shape index (κ2) is 7.21. The Morgan fingerprint density at radius 1 is 1.21 bits per heavy atom. The van der Waals surface area contributed by atoms with Crippen molar-refractivity contribution < 1.29 is 27.9 Å². The second-order valence-electron chi connectivity index (χ2n) is 5.84. The third-order valence-corrected chi connectivity index (χ3v) is 4.06. The molecule has 0 bridgehead atoms. The Morgan fingerprint density at radius 3 is 2.46 bits per heavy atom. The van der Waals surface area contributed by atoms with Crippen molar-refractivity contribution in [3.8, 4) is 0 Å². The Bertz CT molecular complexity index is 618. The maximum absolute atomic E-state index is 13.8. The maximum atomic E-state index is 13.8. The minimum absolute atomic E-state index is 0.0755. The van der Waals surface area contributed by atoms with Crippen LogP contribution < -0.4 is 10.6 Å². The van der Waals surface area contributed by atoms with Crippen LogP contribution in [0.1, 0.15) is 36.0 Å². The van der Waals surface area contributed by atoms with Gasteiger partial charge in [0.2, 0.25) is 0 Å². The van der Waals surface area contributed by atoms with Gasteiger partial charge in [-0.2, -0.15) is 8.78 Å². The minimum atomic E-state index is -3.82. The molecule has 1 aromatic rings. The van der Waals surface area contributed by atoms with E-state index in [0.717, 1.165) is 6.07 Å². The molecule has 1 aromatic carbocycles. The van der Waals surface area contributed by atoms with Crippen LogP contribution in [0.2, 0.25) is 0 Å². The van der Waals surface area contributed by atoms with Crippen molar-refractivity contribution >= 4 is 11.8 Å². The SMILES string of the molecule is O=C(NCCCNC(=O)C(F)(F)C1(O)CCC1)c1cccc(F)c1. The smallest absolute Gasteiger partial charge is 0.352 e. The van der Waals surface area contributed by atoms with E-state index < -0.39 is 29.2 Å². The van der Waals surface area contributed by atoms with Crippen LogP contribution in [0, 0.1) is 5.82 Å². The second-order valence-corrected chi connectivity index (χ2v) is 5.84. The first-order chi connectivity index (χ1) is 11.3. The molecule has 0 unspecified atom stereocenters. The molecule has 0 atom stereocenters. The molecule has 3 N–H and O–H groups in total. The van der Waals surface area contributed by atoms with Gasteiger partial charge in [-0.15, -0.1) is 0 Å². The van der Waals surface area contributed by atoms with Crippen molar-refractivity contribution in [1.82, 2.24) is 10.6 Å². The summed E-state index contributed by atoms with van der Waals surface area (Å²) in [6.45, 7) is 0.0550. The number of alkyl halides is 2. The zero-order valence-electron chi connectivity index (χ0n) is 12.9. The summed E-state index contributed by atoms with van der Waals surface area (Å²) < 4.78 is 40.5. The lowest BCUT2D eigenvalue weighted by molar-refractivity contribution is -0.215. The highest BCUT2D eigenvalue weighted by atomic mass is 19.3. The third kappa shape index (κ3) is 3.87. The van der Waals surface area contributed by atoms with Gasteiger partial charge in [0.25, 0.3) is 11.8 Å². The molecule has 0 radical (unpaired) electrons. The number of amides is 2. The molecule has 1 fully saturated rings. The molecular formula is C16H19F3N2O3. The van der Waals surface area contributed by atoms with Gasteiger partial charge in [0.05, 0.1) is 0 Å². The van der Waals surface area contributed by atoms with Crippen molar-refractivity contribution in [1.29, 1.82) is 0 Å². The Balaban J connectivity index is 1.69. The highest BCUT2D eigenvalue weighted by Gasteiger charge is 2.60. The van der Waals surface area contributed by atoms with E-state index in [1.54, 1.807) is 0 Å². The largest absolute Gasteiger partial charge is 0.383 e. The monoisotopic (exact) mass is 344 g/mol. The van der Waals surface area contributed by atoms with Gasteiger partial charge in [0.1, 0.15) is 11.4 Å². The van der Waals surface area contributed by atoms with Crippen molar-refractivity contribution in [2.75, 3.05) is 13.1 Å². The summed E-state index contributed by atoms with van der Waals surface area (Å²) in [6, 6.07) is 5.14. The first-order valence-electron chi connectivity index (χ1n) is 7.68. The third-order valence-electron chi connectivity index (χ3n) is 4.06. The van der Waals surface area contributed by atoms with Crippen molar-refractivity contribution in [3.05, 3.63) is 35.6 Å². The van der Waals surface area contributed by atoms with Gasteiger partial charge in [0, 0.05) is 18.7 Å². The van der Waals surface area contributed by atoms with Gasteiger partial charge in [0.15, 0.2) is 0 Å². The van der Waals surface area contributed by atoms with E-state index in [1.807, 2.05) is 0 Å². The summed E-state index contributed by atoms with van der Waals surface area (Å²) in [5.74, 6) is -6.36. The number of hydrogen-bond donors (Lipinski definition) is 3. The molecule has 132 valence electrons. The normalized spacial score (nSPS) is 16.2. The first kappa shape index (κ1) is 18.3. The number of nitrogens with one attached hydrogen (secondary N) is 2. The fraction of sp³-hybridized carbons (Fsp3) is 0.500. The summed E-state index contributed by atoms with van der Waals surface area (Å²) in [6.07, 6.45) is 0.487. The Morgan fingerprint density at radius 2 is 1.88 bits per heavy atom. The van der Waals surface area contributed by atoms with Crippen LogP contribution in [0.4, 0.5) is 13.2 Å². The zero-order valence-corrected chi connectivity index (χ0v) is 12.9. The summed E-state index contributed by atoms with van der Waals surface area (Å²) in [7, 11) is 0.